The van der Waals surface area contributed by atoms with Gasteiger partial charge in [0.2, 0.25) is 0 Å². The van der Waals surface area contributed by atoms with E-state index in [4.69, 9.17) is 23.2 Å². The van der Waals surface area contributed by atoms with E-state index < -0.39 is 9.01 Å². The Morgan fingerprint density at radius 3 is 1.83 bits per heavy atom. The molecule has 6 heavy (non-hydrogen) atoms. The van der Waals surface area contributed by atoms with Gasteiger partial charge in [-0.25, -0.2) is 4.39 Å². The van der Waals surface area contributed by atoms with E-state index in [1.165, 1.54) is 0 Å². The quantitative estimate of drug-likeness (QED) is 0.490. The van der Waals surface area contributed by atoms with Gasteiger partial charge in [-0.15, -0.1) is 0 Å². The van der Waals surface area contributed by atoms with Crippen LogP contribution in [0.15, 0.2) is 0 Å². The molecule has 0 atom stereocenters. The largest absolute Gasteiger partial charge is 0.247 e. The van der Waals surface area contributed by atoms with Gasteiger partial charge in [-0.2, -0.15) is 0 Å². The highest BCUT2D eigenvalue weighted by atomic mass is 127. The monoisotopic (exact) mass is 242 g/mol. The van der Waals surface area contributed by atoms with E-state index in [1.807, 2.05) is 0 Å². The number of hydrogen-bond acceptors (Lipinski definition) is 0. The first-order chi connectivity index (χ1) is 2.56. The molecule has 0 heterocycles. The van der Waals surface area contributed by atoms with Crippen LogP contribution in [0.2, 0.25) is 0 Å². The van der Waals surface area contributed by atoms with Crippen molar-refractivity contribution in [2.24, 2.45) is 0 Å². The Morgan fingerprint density at radius 2 is 1.83 bits per heavy atom. The third kappa shape index (κ3) is 5.24. The Kier molecular flexibility index (Phi) is 3.04. The lowest BCUT2D eigenvalue weighted by Gasteiger charge is -2.00. The second-order valence-corrected chi connectivity index (χ2v) is 5.35. The zero-order valence-electron chi connectivity index (χ0n) is 2.72. The molecular weight excluding hydrogens is 241 g/mol. The maximum Gasteiger partial charge on any atom is 0.196 e. The zero-order valence-corrected chi connectivity index (χ0v) is 6.39. The normalized spacial score (nSPS) is 12.0. The van der Waals surface area contributed by atoms with Crippen LogP contribution in [0.5, 0.6) is 0 Å². The molecule has 0 aliphatic heterocycles. The highest BCUT2D eigenvalue weighted by Crippen LogP contribution is 2.28. The van der Waals surface area contributed by atoms with Crippen LogP contribution in [0.3, 0.4) is 0 Å². The lowest BCUT2D eigenvalue weighted by molar-refractivity contribution is 0.512. The van der Waals surface area contributed by atoms with Crippen LogP contribution in [0.4, 0.5) is 4.39 Å². The first-order valence-electron chi connectivity index (χ1n) is 1.19. The van der Waals surface area contributed by atoms with Crippen LogP contribution in [0, 0.1) is 0 Å². The van der Waals surface area contributed by atoms with Crippen molar-refractivity contribution in [3.05, 3.63) is 0 Å². The predicted molar refractivity (Wildman–Crippen MR) is 34.4 cm³/mol. The summed E-state index contributed by atoms with van der Waals surface area (Å²) in [5.41, 5.74) is 0. The summed E-state index contributed by atoms with van der Waals surface area (Å²) in [6.45, 7) is -0.712. The highest BCUT2D eigenvalue weighted by Gasteiger charge is 2.16. The van der Waals surface area contributed by atoms with E-state index in [2.05, 4.69) is 0 Å². The molecule has 0 saturated carbocycles. The van der Waals surface area contributed by atoms with E-state index in [1.54, 1.807) is 22.6 Å². The minimum atomic E-state index is -1.21. The average molecular weight is 243 g/mol. The second kappa shape index (κ2) is 2.52. The van der Waals surface area contributed by atoms with E-state index in [0.29, 0.717) is 0 Å². The molecule has 0 radical (unpaired) electrons. The highest BCUT2D eigenvalue weighted by molar-refractivity contribution is 14.1. The standard InChI is InChI=1S/C2H2Cl2FI/c3-2(4,6)1-5/h1H2. The first kappa shape index (κ1) is 7.24. The number of alkyl halides is 4. The average Bonchev–Trinajstić information content (AvgIpc) is 1.35. The van der Waals surface area contributed by atoms with Crippen LogP contribution in [0.1, 0.15) is 0 Å². The van der Waals surface area contributed by atoms with Crippen molar-refractivity contribution >= 4 is 45.8 Å². The van der Waals surface area contributed by atoms with Crippen molar-refractivity contribution in [2.75, 3.05) is 6.67 Å². The van der Waals surface area contributed by atoms with Gasteiger partial charge in [0, 0.05) is 0 Å². The van der Waals surface area contributed by atoms with Gasteiger partial charge in [0.25, 0.3) is 0 Å². The molecule has 0 aliphatic rings. The van der Waals surface area contributed by atoms with Crippen LogP contribution in [-0.4, -0.2) is 9.01 Å². The predicted octanol–water partition coefficient (Wildman–Crippen LogP) is 2.52. The van der Waals surface area contributed by atoms with Crippen molar-refractivity contribution in [2.45, 2.75) is 2.34 Å². The SMILES string of the molecule is FCC(Cl)(Cl)I. The summed E-state index contributed by atoms with van der Waals surface area (Å²) in [5.74, 6) is 0. The van der Waals surface area contributed by atoms with Gasteiger partial charge in [0.1, 0.15) is 6.67 Å². The van der Waals surface area contributed by atoms with E-state index in [9.17, 15) is 4.39 Å². The van der Waals surface area contributed by atoms with Gasteiger partial charge in [-0.1, -0.05) is 23.2 Å². The Hall–Kier alpha value is 1.24. The number of rotatable bonds is 1. The Labute approximate surface area is 59.1 Å². The molecule has 4 heteroatoms. The van der Waals surface area contributed by atoms with Crippen molar-refractivity contribution in [3.8, 4) is 0 Å². The molecule has 0 aliphatic carbocycles. The molecule has 0 nitrogen and oxygen atoms in total. The molecule has 0 saturated heterocycles. The van der Waals surface area contributed by atoms with Crippen molar-refractivity contribution in [3.63, 3.8) is 0 Å². The van der Waals surface area contributed by atoms with Gasteiger partial charge in [0.05, 0.1) is 0 Å². The molecule has 0 rings (SSSR count). The molecule has 0 bridgehead atoms. The molecule has 0 amide bonds. The van der Waals surface area contributed by atoms with Crippen molar-refractivity contribution < 1.29 is 4.39 Å². The van der Waals surface area contributed by atoms with Gasteiger partial charge in [-0.3, -0.25) is 0 Å². The molecular formula is C2H2Cl2FI. The maximum absolute atomic E-state index is 11.2. The Balaban J connectivity index is 3.17. The molecule has 0 spiro atoms. The van der Waals surface area contributed by atoms with Crippen LogP contribution in [0.25, 0.3) is 0 Å². The van der Waals surface area contributed by atoms with Gasteiger partial charge in [-0.05, 0) is 22.6 Å². The molecule has 0 fully saturated rings. The maximum atomic E-state index is 11.2. The van der Waals surface area contributed by atoms with E-state index in [-0.39, 0.29) is 0 Å². The summed E-state index contributed by atoms with van der Waals surface area (Å²) in [7, 11) is 0. The first-order valence-corrected chi connectivity index (χ1v) is 3.02. The number of halogens is 4. The lowest BCUT2D eigenvalue weighted by Crippen LogP contribution is -2.01. The fourth-order valence-electron chi connectivity index (χ4n) is 0. The second-order valence-electron chi connectivity index (χ2n) is 0.749. The van der Waals surface area contributed by atoms with Gasteiger partial charge >= 0.3 is 0 Å². The summed E-state index contributed by atoms with van der Waals surface area (Å²) < 4.78 is 10.0. The van der Waals surface area contributed by atoms with Crippen LogP contribution >= 0.6 is 45.8 Å². The van der Waals surface area contributed by atoms with Crippen molar-refractivity contribution in [1.82, 2.24) is 0 Å². The third-order valence-electron chi connectivity index (χ3n) is 0.152. The molecule has 0 aromatic carbocycles. The Bertz CT molecular complexity index is 41.3. The summed E-state index contributed by atoms with van der Waals surface area (Å²) in [4.78, 5) is 0. The molecule has 0 aromatic rings. The third-order valence-corrected chi connectivity index (χ3v) is 0.642. The summed E-state index contributed by atoms with van der Waals surface area (Å²) in [5, 5.41) is 0. The van der Waals surface area contributed by atoms with Gasteiger partial charge < -0.3 is 0 Å². The summed E-state index contributed by atoms with van der Waals surface area (Å²) in [6.07, 6.45) is 0. The fraction of sp³-hybridized carbons (Fsp3) is 1.00. The van der Waals surface area contributed by atoms with Crippen LogP contribution < -0.4 is 0 Å². The zero-order chi connectivity index (χ0) is 5.21. The molecule has 0 aromatic heterocycles. The topological polar surface area (TPSA) is 0 Å². The smallest absolute Gasteiger partial charge is 0.196 e. The fourth-order valence-corrected chi connectivity index (χ4v) is 0. The number of hydrogen-bond donors (Lipinski definition) is 0. The van der Waals surface area contributed by atoms with E-state index >= 15 is 0 Å². The minimum Gasteiger partial charge on any atom is -0.247 e. The van der Waals surface area contributed by atoms with Crippen molar-refractivity contribution in [1.29, 1.82) is 0 Å². The summed E-state index contributed by atoms with van der Waals surface area (Å²) >= 11 is 11.8. The minimum absolute atomic E-state index is 0.712. The molecule has 0 N–H and O–H groups in total. The Morgan fingerprint density at radius 1 is 1.67 bits per heavy atom. The molecule has 0 unspecified atom stereocenters. The molecule has 38 valence electrons. The van der Waals surface area contributed by atoms with Gasteiger partial charge in [0.15, 0.2) is 2.34 Å². The van der Waals surface area contributed by atoms with E-state index in [0.717, 1.165) is 0 Å². The lowest BCUT2D eigenvalue weighted by atomic mass is 10.9. The summed E-state index contributed by atoms with van der Waals surface area (Å²) in [6, 6.07) is 0. The van der Waals surface area contributed by atoms with Crippen LogP contribution in [-0.2, 0) is 0 Å².